The number of nitrogens with zero attached hydrogens (tertiary/aromatic N) is 4. The molecule has 0 bridgehead atoms. The fourth-order valence-corrected chi connectivity index (χ4v) is 3.66. The Labute approximate surface area is 151 Å². The second kappa shape index (κ2) is 5.92. The minimum absolute atomic E-state index is 0.204. The Balaban J connectivity index is 1.51. The van der Waals surface area contributed by atoms with E-state index in [1.165, 1.54) is 15.9 Å². The zero-order valence-corrected chi connectivity index (χ0v) is 14.2. The molecule has 1 aromatic carbocycles. The third kappa shape index (κ3) is 2.51. The lowest BCUT2D eigenvalue weighted by molar-refractivity contribution is 0.0852. The Morgan fingerprint density at radius 1 is 1.19 bits per heavy atom. The molecular formula is C18H12N4O3S. The predicted molar refractivity (Wildman–Crippen MR) is 95.5 cm³/mol. The number of hydrogen-bond donors (Lipinski definition) is 0. The summed E-state index contributed by atoms with van der Waals surface area (Å²) in [5, 5.41) is 4.33. The average Bonchev–Trinajstić information content (AvgIpc) is 3.22. The lowest BCUT2D eigenvalue weighted by atomic mass is 10.2. The van der Waals surface area contributed by atoms with Gasteiger partial charge in [0.25, 0.3) is 5.56 Å². The molecule has 0 aliphatic carbocycles. The number of ether oxygens (including phenoxy) is 2. The van der Waals surface area contributed by atoms with Gasteiger partial charge in [0.1, 0.15) is 6.61 Å². The van der Waals surface area contributed by atoms with E-state index < -0.39 is 6.10 Å². The van der Waals surface area contributed by atoms with Crippen molar-refractivity contribution in [3.63, 3.8) is 0 Å². The summed E-state index contributed by atoms with van der Waals surface area (Å²) in [6, 6.07) is 11.2. The molecule has 0 saturated carbocycles. The van der Waals surface area contributed by atoms with Crippen molar-refractivity contribution in [3.05, 3.63) is 75.1 Å². The minimum Gasteiger partial charge on any atom is -0.485 e. The van der Waals surface area contributed by atoms with Gasteiger partial charge in [0, 0.05) is 12.4 Å². The molecule has 0 radical (unpaired) electrons. The van der Waals surface area contributed by atoms with Crippen LogP contribution in [0, 0.1) is 0 Å². The van der Waals surface area contributed by atoms with Crippen molar-refractivity contribution >= 4 is 22.4 Å². The number of benzene rings is 1. The van der Waals surface area contributed by atoms with Crippen molar-refractivity contribution in [2.75, 3.05) is 6.61 Å². The van der Waals surface area contributed by atoms with Crippen molar-refractivity contribution in [1.82, 2.24) is 19.6 Å². The van der Waals surface area contributed by atoms with E-state index in [1.807, 2.05) is 36.4 Å². The first kappa shape index (κ1) is 15.0. The van der Waals surface area contributed by atoms with E-state index in [-0.39, 0.29) is 5.56 Å². The molecule has 0 spiro atoms. The van der Waals surface area contributed by atoms with Gasteiger partial charge in [-0.2, -0.15) is 9.50 Å². The zero-order valence-electron chi connectivity index (χ0n) is 13.4. The normalized spacial score (nSPS) is 16.9. The highest BCUT2D eigenvalue weighted by Crippen LogP contribution is 2.35. The highest BCUT2D eigenvalue weighted by molar-refractivity contribution is 7.15. The summed E-state index contributed by atoms with van der Waals surface area (Å²) in [6.45, 7) is 0.303. The number of fused-ring (bicyclic) bond motifs is 2. The number of pyridine rings is 1. The van der Waals surface area contributed by atoms with Crippen LogP contribution in [0.15, 0.2) is 53.6 Å². The summed E-state index contributed by atoms with van der Waals surface area (Å²) in [6.07, 6.45) is 4.73. The summed E-state index contributed by atoms with van der Waals surface area (Å²) in [5.74, 6) is 1.79. The summed E-state index contributed by atoms with van der Waals surface area (Å²) < 4.78 is 13.5. The van der Waals surface area contributed by atoms with Crippen LogP contribution in [0.1, 0.15) is 17.5 Å². The molecule has 0 saturated heterocycles. The number of rotatable bonds is 2. The van der Waals surface area contributed by atoms with Crippen LogP contribution in [-0.4, -0.2) is 26.2 Å². The van der Waals surface area contributed by atoms with Crippen LogP contribution in [0.2, 0.25) is 0 Å². The molecule has 1 aliphatic heterocycles. The molecule has 128 valence electrons. The van der Waals surface area contributed by atoms with Crippen LogP contribution in [0.5, 0.6) is 11.5 Å². The van der Waals surface area contributed by atoms with Gasteiger partial charge in [0.05, 0.1) is 4.53 Å². The SMILES string of the molecule is O=c1/c(=C/c2cccnc2)sc2nc(C3COc4ccccc4O3)nn12. The van der Waals surface area contributed by atoms with Gasteiger partial charge >= 0.3 is 0 Å². The van der Waals surface area contributed by atoms with Crippen LogP contribution in [0.4, 0.5) is 0 Å². The molecule has 5 rings (SSSR count). The molecule has 26 heavy (non-hydrogen) atoms. The number of hydrogen-bond acceptors (Lipinski definition) is 7. The van der Waals surface area contributed by atoms with Gasteiger partial charge in [0.15, 0.2) is 23.4 Å². The largest absolute Gasteiger partial charge is 0.485 e. The number of thiazole rings is 1. The maximum absolute atomic E-state index is 12.6. The molecule has 0 amide bonds. The average molecular weight is 364 g/mol. The van der Waals surface area contributed by atoms with Crippen molar-refractivity contribution < 1.29 is 9.47 Å². The minimum atomic E-state index is -0.442. The van der Waals surface area contributed by atoms with Crippen LogP contribution < -0.4 is 19.6 Å². The Hall–Kier alpha value is -3.26. The molecule has 1 atom stereocenters. The predicted octanol–water partition coefficient (Wildman–Crippen LogP) is 1.61. The van der Waals surface area contributed by atoms with E-state index in [4.69, 9.17) is 9.47 Å². The first-order valence-electron chi connectivity index (χ1n) is 7.98. The molecule has 1 unspecified atom stereocenters. The summed E-state index contributed by atoms with van der Waals surface area (Å²) in [5.41, 5.74) is 0.652. The van der Waals surface area contributed by atoms with Gasteiger partial charge in [-0.15, -0.1) is 5.10 Å². The van der Waals surface area contributed by atoms with Crippen molar-refractivity contribution in [2.24, 2.45) is 0 Å². The molecule has 4 heterocycles. The quantitative estimate of drug-likeness (QED) is 0.538. The van der Waals surface area contributed by atoms with Gasteiger partial charge in [-0.05, 0) is 29.8 Å². The number of aromatic nitrogens is 4. The second-order valence-electron chi connectivity index (χ2n) is 5.73. The van der Waals surface area contributed by atoms with Gasteiger partial charge in [-0.25, -0.2) is 0 Å². The van der Waals surface area contributed by atoms with Crippen LogP contribution in [0.3, 0.4) is 0 Å². The van der Waals surface area contributed by atoms with Crippen LogP contribution in [0.25, 0.3) is 11.0 Å². The molecular weight excluding hydrogens is 352 g/mol. The maximum Gasteiger partial charge on any atom is 0.291 e. The number of para-hydroxylation sites is 2. The molecule has 3 aromatic heterocycles. The van der Waals surface area contributed by atoms with E-state index >= 15 is 0 Å². The first-order chi connectivity index (χ1) is 12.8. The summed E-state index contributed by atoms with van der Waals surface area (Å²) in [7, 11) is 0. The van der Waals surface area contributed by atoms with Gasteiger partial charge < -0.3 is 9.47 Å². The second-order valence-corrected chi connectivity index (χ2v) is 6.74. The Morgan fingerprint density at radius 2 is 2.08 bits per heavy atom. The van der Waals surface area contributed by atoms with E-state index in [0.29, 0.717) is 33.4 Å². The van der Waals surface area contributed by atoms with Crippen molar-refractivity contribution in [2.45, 2.75) is 6.10 Å². The fraction of sp³-hybridized carbons (Fsp3) is 0.111. The van der Waals surface area contributed by atoms with E-state index in [2.05, 4.69) is 15.1 Å². The molecule has 7 nitrogen and oxygen atoms in total. The van der Waals surface area contributed by atoms with E-state index in [0.717, 1.165) is 5.56 Å². The van der Waals surface area contributed by atoms with Gasteiger partial charge in [0.2, 0.25) is 4.96 Å². The van der Waals surface area contributed by atoms with Crippen molar-refractivity contribution in [1.29, 1.82) is 0 Å². The van der Waals surface area contributed by atoms with E-state index in [9.17, 15) is 4.79 Å². The Kier molecular flexibility index (Phi) is 3.42. The monoisotopic (exact) mass is 364 g/mol. The third-order valence-electron chi connectivity index (χ3n) is 3.98. The smallest absolute Gasteiger partial charge is 0.291 e. The lowest BCUT2D eigenvalue weighted by Crippen LogP contribution is -2.26. The maximum atomic E-state index is 12.6. The lowest BCUT2D eigenvalue weighted by Gasteiger charge is -2.24. The van der Waals surface area contributed by atoms with Gasteiger partial charge in [-0.3, -0.25) is 9.78 Å². The van der Waals surface area contributed by atoms with Gasteiger partial charge in [-0.1, -0.05) is 29.5 Å². The fourth-order valence-electron chi connectivity index (χ4n) is 2.74. The third-order valence-corrected chi connectivity index (χ3v) is 4.94. The zero-order chi connectivity index (χ0) is 17.5. The molecule has 1 aliphatic rings. The first-order valence-corrected chi connectivity index (χ1v) is 8.79. The summed E-state index contributed by atoms with van der Waals surface area (Å²) in [4.78, 5) is 21.6. The summed E-state index contributed by atoms with van der Waals surface area (Å²) >= 11 is 1.29. The molecule has 0 N–H and O–H groups in total. The van der Waals surface area contributed by atoms with Crippen LogP contribution >= 0.6 is 11.3 Å². The highest BCUT2D eigenvalue weighted by atomic mass is 32.1. The standard InChI is InChI=1S/C18H12N4O3S/c23-17-15(8-11-4-3-7-19-9-11)26-18-20-16(21-22(17)18)14-10-24-12-5-1-2-6-13(12)25-14/h1-9,14H,10H2/b15-8-. The van der Waals surface area contributed by atoms with E-state index in [1.54, 1.807) is 18.5 Å². The highest BCUT2D eigenvalue weighted by Gasteiger charge is 2.26. The van der Waals surface area contributed by atoms with Crippen molar-refractivity contribution in [3.8, 4) is 11.5 Å². The molecule has 0 fully saturated rings. The Morgan fingerprint density at radius 3 is 2.88 bits per heavy atom. The topological polar surface area (TPSA) is 78.6 Å². The molecule has 8 heteroatoms. The Bertz CT molecular complexity index is 1200. The molecule has 4 aromatic rings. The van der Waals surface area contributed by atoms with Crippen LogP contribution in [-0.2, 0) is 0 Å².